The Morgan fingerprint density at radius 2 is 2.00 bits per heavy atom. The summed E-state index contributed by atoms with van der Waals surface area (Å²) < 4.78 is 0. The molecule has 1 atom stereocenters. The van der Waals surface area contributed by atoms with E-state index in [9.17, 15) is 9.90 Å². The van der Waals surface area contributed by atoms with Crippen molar-refractivity contribution < 1.29 is 9.90 Å². The number of aromatic nitrogens is 1. The van der Waals surface area contributed by atoms with Crippen LogP contribution in [0, 0.1) is 0 Å². The molecule has 0 spiro atoms. The van der Waals surface area contributed by atoms with E-state index in [0.717, 1.165) is 30.9 Å². The molecule has 0 radical (unpaired) electrons. The van der Waals surface area contributed by atoms with Crippen molar-refractivity contribution in [3.63, 3.8) is 0 Å². The first kappa shape index (κ1) is 17.0. The maximum absolute atomic E-state index is 11.4. The van der Waals surface area contributed by atoms with Crippen molar-refractivity contribution >= 4 is 22.4 Å². The first-order valence-corrected chi connectivity index (χ1v) is 8.24. The van der Waals surface area contributed by atoms with Crippen LogP contribution in [-0.4, -0.2) is 28.6 Å². The lowest BCUT2D eigenvalue weighted by Gasteiger charge is -2.28. The molecule has 0 saturated heterocycles. The standard InChI is InChI=1S/C15H26N2O2S/c1-6-8-9-17(11(5)7-2)15-16-12(10(3)4)13(20-15)14(18)19/h10-11H,6-9H2,1-5H3,(H,18,19). The van der Waals surface area contributed by atoms with Crippen LogP contribution < -0.4 is 4.90 Å². The molecular weight excluding hydrogens is 272 g/mol. The van der Waals surface area contributed by atoms with Crippen LogP contribution in [-0.2, 0) is 0 Å². The highest BCUT2D eigenvalue weighted by Crippen LogP contribution is 2.32. The normalized spacial score (nSPS) is 12.7. The Labute approximate surface area is 125 Å². The Kier molecular flexibility index (Phi) is 6.46. The zero-order chi connectivity index (χ0) is 15.3. The molecule has 0 saturated carbocycles. The van der Waals surface area contributed by atoms with Crippen LogP contribution in [0.25, 0.3) is 0 Å². The van der Waals surface area contributed by atoms with Gasteiger partial charge >= 0.3 is 5.97 Å². The van der Waals surface area contributed by atoms with Crippen LogP contribution in [0.5, 0.6) is 0 Å². The van der Waals surface area contributed by atoms with E-state index in [2.05, 4.69) is 30.7 Å². The van der Waals surface area contributed by atoms with E-state index >= 15 is 0 Å². The van der Waals surface area contributed by atoms with Gasteiger partial charge in [0, 0.05) is 12.6 Å². The maximum Gasteiger partial charge on any atom is 0.347 e. The van der Waals surface area contributed by atoms with Crippen LogP contribution in [0.3, 0.4) is 0 Å². The number of rotatable bonds is 8. The van der Waals surface area contributed by atoms with Gasteiger partial charge in [-0.15, -0.1) is 0 Å². The summed E-state index contributed by atoms with van der Waals surface area (Å²) in [6.45, 7) is 11.4. The number of nitrogens with zero attached hydrogens (tertiary/aromatic N) is 2. The van der Waals surface area contributed by atoms with Crippen molar-refractivity contribution in [3.05, 3.63) is 10.6 Å². The van der Waals surface area contributed by atoms with Crippen LogP contribution in [0.4, 0.5) is 5.13 Å². The number of thiazole rings is 1. The average molecular weight is 298 g/mol. The smallest absolute Gasteiger partial charge is 0.347 e. The first-order chi connectivity index (χ1) is 9.42. The van der Waals surface area contributed by atoms with Crippen LogP contribution >= 0.6 is 11.3 Å². The van der Waals surface area contributed by atoms with E-state index in [0.29, 0.717) is 16.6 Å². The Balaban J connectivity index is 3.13. The summed E-state index contributed by atoms with van der Waals surface area (Å²) in [5, 5.41) is 10.2. The number of carboxylic acids is 1. The third-order valence-electron chi connectivity index (χ3n) is 3.50. The van der Waals surface area contributed by atoms with Crippen molar-refractivity contribution in [3.8, 4) is 0 Å². The zero-order valence-electron chi connectivity index (χ0n) is 13.1. The molecule has 114 valence electrons. The van der Waals surface area contributed by atoms with Gasteiger partial charge in [-0.2, -0.15) is 0 Å². The van der Waals surface area contributed by atoms with E-state index in [1.54, 1.807) is 0 Å². The molecule has 1 N–H and O–H groups in total. The highest BCUT2D eigenvalue weighted by molar-refractivity contribution is 7.17. The molecule has 1 unspecified atom stereocenters. The van der Waals surface area contributed by atoms with Crippen molar-refractivity contribution in [1.29, 1.82) is 0 Å². The average Bonchev–Trinajstić information content (AvgIpc) is 2.84. The number of hydrogen-bond donors (Lipinski definition) is 1. The van der Waals surface area contributed by atoms with Gasteiger partial charge in [0.15, 0.2) is 5.13 Å². The van der Waals surface area contributed by atoms with Crippen LogP contribution in [0.2, 0.25) is 0 Å². The quantitative estimate of drug-likeness (QED) is 0.774. The summed E-state index contributed by atoms with van der Waals surface area (Å²) in [5.74, 6) is -0.729. The first-order valence-electron chi connectivity index (χ1n) is 7.42. The van der Waals surface area contributed by atoms with Gasteiger partial charge < -0.3 is 10.0 Å². The summed E-state index contributed by atoms with van der Waals surface area (Å²) in [7, 11) is 0. The summed E-state index contributed by atoms with van der Waals surface area (Å²) in [6.07, 6.45) is 3.26. The minimum absolute atomic E-state index is 0.135. The molecule has 0 aromatic carbocycles. The Morgan fingerprint density at radius 1 is 1.35 bits per heavy atom. The number of anilines is 1. The van der Waals surface area contributed by atoms with Gasteiger partial charge in [-0.3, -0.25) is 0 Å². The highest BCUT2D eigenvalue weighted by atomic mass is 32.1. The van der Waals surface area contributed by atoms with Gasteiger partial charge in [-0.1, -0.05) is 45.5 Å². The lowest BCUT2D eigenvalue weighted by Crippen LogP contribution is -2.33. The fourth-order valence-corrected chi connectivity index (χ4v) is 3.23. The second kappa shape index (κ2) is 7.62. The van der Waals surface area contributed by atoms with Gasteiger partial charge in [-0.25, -0.2) is 9.78 Å². The van der Waals surface area contributed by atoms with Crippen molar-refractivity contribution in [2.45, 2.75) is 65.8 Å². The maximum atomic E-state index is 11.4. The third-order valence-corrected chi connectivity index (χ3v) is 4.60. The van der Waals surface area contributed by atoms with Gasteiger partial charge in [0.2, 0.25) is 0 Å². The Bertz CT molecular complexity index is 443. The predicted molar refractivity (Wildman–Crippen MR) is 85.2 cm³/mol. The molecular formula is C15H26N2O2S. The van der Waals surface area contributed by atoms with Crippen molar-refractivity contribution in [2.75, 3.05) is 11.4 Å². The summed E-state index contributed by atoms with van der Waals surface area (Å²) in [4.78, 5) is 18.6. The van der Waals surface area contributed by atoms with E-state index in [4.69, 9.17) is 0 Å². The fourth-order valence-electron chi connectivity index (χ4n) is 2.04. The number of aromatic carboxylic acids is 1. The molecule has 5 heteroatoms. The minimum atomic E-state index is -0.864. The topological polar surface area (TPSA) is 53.4 Å². The minimum Gasteiger partial charge on any atom is -0.477 e. The predicted octanol–water partition coefficient (Wildman–Crippen LogP) is 4.37. The molecule has 4 nitrogen and oxygen atoms in total. The summed E-state index contributed by atoms with van der Waals surface area (Å²) in [6, 6.07) is 0.384. The lowest BCUT2D eigenvalue weighted by molar-refractivity contribution is 0.0700. The second-order valence-corrected chi connectivity index (χ2v) is 6.45. The van der Waals surface area contributed by atoms with E-state index in [1.165, 1.54) is 11.3 Å². The molecule has 1 heterocycles. The molecule has 0 aliphatic carbocycles. The SMILES string of the molecule is CCCCN(c1nc(C(C)C)c(C(=O)O)s1)C(C)CC. The van der Waals surface area contributed by atoms with E-state index in [1.807, 2.05) is 13.8 Å². The number of hydrogen-bond acceptors (Lipinski definition) is 4. The molecule has 1 aromatic heterocycles. The number of carboxylic acid groups (broad SMARTS) is 1. The van der Waals surface area contributed by atoms with E-state index < -0.39 is 5.97 Å². The molecule has 20 heavy (non-hydrogen) atoms. The lowest BCUT2D eigenvalue weighted by atomic mass is 10.1. The Morgan fingerprint density at radius 3 is 2.40 bits per heavy atom. The van der Waals surface area contributed by atoms with Crippen molar-refractivity contribution in [1.82, 2.24) is 4.98 Å². The zero-order valence-corrected chi connectivity index (χ0v) is 14.0. The largest absolute Gasteiger partial charge is 0.477 e. The van der Waals surface area contributed by atoms with Gasteiger partial charge in [0.1, 0.15) is 4.88 Å². The molecule has 0 aliphatic rings. The van der Waals surface area contributed by atoms with Gasteiger partial charge in [0.25, 0.3) is 0 Å². The van der Waals surface area contributed by atoms with Gasteiger partial charge in [-0.05, 0) is 25.7 Å². The molecule has 1 rings (SSSR count). The van der Waals surface area contributed by atoms with Crippen molar-refractivity contribution in [2.24, 2.45) is 0 Å². The monoisotopic (exact) mass is 298 g/mol. The second-order valence-electron chi connectivity index (χ2n) is 5.47. The van der Waals surface area contributed by atoms with Crippen LogP contribution in [0.1, 0.15) is 75.2 Å². The van der Waals surface area contributed by atoms with E-state index in [-0.39, 0.29) is 5.92 Å². The summed E-state index contributed by atoms with van der Waals surface area (Å²) in [5.41, 5.74) is 0.710. The molecule has 0 bridgehead atoms. The number of carbonyl (C=O) groups is 1. The van der Waals surface area contributed by atoms with Crippen LogP contribution in [0.15, 0.2) is 0 Å². The summed E-state index contributed by atoms with van der Waals surface area (Å²) >= 11 is 1.31. The number of unbranched alkanes of at least 4 members (excludes halogenated alkanes) is 1. The molecule has 0 amide bonds. The third kappa shape index (κ3) is 3.95. The molecule has 0 fully saturated rings. The molecule has 1 aromatic rings. The fraction of sp³-hybridized carbons (Fsp3) is 0.733. The molecule has 0 aliphatic heterocycles. The highest BCUT2D eigenvalue weighted by Gasteiger charge is 2.24. The Hall–Kier alpha value is -1.10. The van der Waals surface area contributed by atoms with Gasteiger partial charge in [0.05, 0.1) is 5.69 Å².